The van der Waals surface area contributed by atoms with Gasteiger partial charge in [-0.25, -0.2) is 14.4 Å². The molecule has 0 atom stereocenters. The number of halogens is 4. The van der Waals surface area contributed by atoms with E-state index in [0.717, 1.165) is 25.9 Å². The van der Waals surface area contributed by atoms with Crippen molar-refractivity contribution in [1.29, 1.82) is 0 Å². The maximum absolute atomic E-state index is 14.3. The number of hydrogen-bond acceptors (Lipinski definition) is 6. The van der Waals surface area contributed by atoms with E-state index in [2.05, 4.69) is 20.6 Å². The minimum absolute atomic E-state index is 0. The van der Waals surface area contributed by atoms with Gasteiger partial charge in [-0.3, -0.25) is 0 Å². The number of hydrogen-bond donors (Lipinski definition) is 2. The molecule has 2 N–H and O–H groups in total. The fourth-order valence-electron chi connectivity index (χ4n) is 3.24. The molecule has 0 bridgehead atoms. The molecule has 0 spiro atoms. The van der Waals surface area contributed by atoms with E-state index in [9.17, 15) is 4.39 Å². The summed E-state index contributed by atoms with van der Waals surface area (Å²) in [5.41, 5.74) is 0.901. The second-order valence-corrected chi connectivity index (χ2v) is 6.94. The number of ether oxygens (including phenoxy) is 2. The molecule has 0 saturated carbocycles. The number of piperidine rings is 1. The molecule has 162 valence electrons. The Morgan fingerprint density at radius 1 is 1.13 bits per heavy atom. The molecular formula is C20H22Cl3FN4O2. The van der Waals surface area contributed by atoms with Gasteiger partial charge in [-0.05, 0) is 44.1 Å². The molecule has 30 heavy (non-hydrogen) atoms. The molecule has 2 aromatic carbocycles. The van der Waals surface area contributed by atoms with E-state index in [1.807, 2.05) is 6.07 Å². The highest BCUT2D eigenvalue weighted by Gasteiger charge is 2.19. The molecule has 0 amide bonds. The van der Waals surface area contributed by atoms with E-state index < -0.39 is 5.82 Å². The van der Waals surface area contributed by atoms with Crippen LogP contribution in [0.5, 0.6) is 11.5 Å². The SMILES string of the molecule is COc1cc2ncnc(Nc3cccc(Cl)c3F)c2cc1OC1CCNCC1.Cl.Cl. The minimum atomic E-state index is -0.532. The van der Waals surface area contributed by atoms with Gasteiger partial charge in [-0.1, -0.05) is 17.7 Å². The number of benzene rings is 2. The summed E-state index contributed by atoms with van der Waals surface area (Å²) in [4.78, 5) is 8.58. The lowest BCUT2D eigenvalue weighted by molar-refractivity contribution is 0.157. The van der Waals surface area contributed by atoms with E-state index >= 15 is 0 Å². The number of anilines is 2. The predicted octanol–water partition coefficient (Wildman–Crippen LogP) is 5.15. The summed E-state index contributed by atoms with van der Waals surface area (Å²) in [5, 5.41) is 7.07. The average Bonchev–Trinajstić information content (AvgIpc) is 2.72. The maximum atomic E-state index is 14.3. The molecule has 1 aliphatic heterocycles. The zero-order valence-corrected chi connectivity index (χ0v) is 18.5. The third-order valence-corrected chi connectivity index (χ3v) is 5.00. The highest BCUT2D eigenvalue weighted by molar-refractivity contribution is 6.31. The van der Waals surface area contributed by atoms with Crippen molar-refractivity contribution in [3.8, 4) is 11.5 Å². The van der Waals surface area contributed by atoms with Crippen LogP contribution in [-0.4, -0.2) is 36.3 Å². The largest absolute Gasteiger partial charge is 0.493 e. The Labute approximate surface area is 191 Å². The van der Waals surface area contributed by atoms with Crippen molar-refractivity contribution in [2.45, 2.75) is 18.9 Å². The van der Waals surface area contributed by atoms with Crippen LogP contribution in [0.4, 0.5) is 15.9 Å². The topological polar surface area (TPSA) is 68.3 Å². The van der Waals surface area contributed by atoms with Gasteiger partial charge in [0.25, 0.3) is 0 Å². The standard InChI is InChI=1S/C20H20ClFN4O2.2ClH/c1-27-17-10-16-13(9-18(17)28-12-5-7-23-8-6-12)20(25-11-24-16)26-15-4-2-3-14(21)19(15)22;;/h2-4,9-12,23H,5-8H2,1H3,(H,24,25,26);2*1H. The smallest absolute Gasteiger partial charge is 0.165 e. The van der Waals surface area contributed by atoms with Gasteiger partial charge in [0.1, 0.15) is 18.2 Å². The number of nitrogens with zero attached hydrogens (tertiary/aromatic N) is 2. The summed E-state index contributed by atoms with van der Waals surface area (Å²) in [6.45, 7) is 1.84. The fraction of sp³-hybridized carbons (Fsp3) is 0.300. The van der Waals surface area contributed by atoms with Crippen LogP contribution in [0.2, 0.25) is 5.02 Å². The lowest BCUT2D eigenvalue weighted by Crippen LogP contribution is -2.34. The Morgan fingerprint density at radius 2 is 1.90 bits per heavy atom. The normalized spacial score (nSPS) is 13.8. The van der Waals surface area contributed by atoms with Gasteiger partial charge in [0.05, 0.1) is 23.3 Å². The summed E-state index contributed by atoms with van der Waals surface area (Å²) in [5.74, 6) is 1.15. The molecule has 0 radical (unpaired) electrons. The third kappa shape index (κ3) is 5.16. The highest BCUT2D eigenvalue weighted by atomic mass is 35.5. The van der Waals surface area contributed by atoms with Crippen LogP contribution in [0.3, 0.4) is 0 Å². The Balaban J connectivity index is 0.00000160. The Kier molecular flexibility index (Phi) is 8.73. The third-order valence-electron chi connectivity index (χ3n) is 4.71. The molecule has 1 aromatic heterocycles. The first kappa shape index (κ1) is 24.2. The lowest BCUT2D eigenvalue weighted by Gasteiger charge is -2.25. The molecule has 10 heteroatoms. The number of methoxy groups -OCH3 is 1. The molecule has 3 aromatic rings. The molecule has 6 nitrogen and oxygen atoms in total. The van der Waals surface area contributed by atoms with Crippen molar-refractivity contribution in [3.63, 3.8) is 0 Å². The molecule has 4 rings (SSSR count). The van der Waals surface area contributed by atoms with Crippen LogP contribution >= 0.6 is 36.4 Å². The summed E-state index contributed by atoms with van der Waals surface area (Å²) in [6, 6.07) is 8.40. The van der Waals surface area contributed by atoms with E-state index in [4.69, 9.17) is 21.1 Å². The van der Waals surface area contributed by atoms with Crippen LogP contribution in [0.1, 0.15) is 12.8 Å². The summed E-state index contributed by atoms with van der Waals surface area (Å²) >= 11 is 5.88. The Bertz CT molecular complexity index is 1000. The van der Waals surface area contributed by atoms with Crippen molar-refractivity contribution in [2.75, 3.05) is 25.5 Å². The molecule has 0 unspecified atom stereocenters. The van der Waals surface area contributed by atoms with Gasteiger partial charge >= 0.3 is 0 Å². The van der Waals surface area contributed by atoms with Crippen molar-refractivity contribution >= 4 is 58.8 Å². The van der Waals surface area contributed by atoms with E-state index in [-0.39, 0.29) is 41.6 Å². The molecule has 2 heterocycles. The monoisotopic (exact) mass is 474 g/mol. The summed E-state index contributed by atoms with van der Waals surface area (Å²) in [6.07, 6.45) is 3.37. The first-order chi connectivity index (χ1) is 13.7. The quantitative estimate of drug-likeness (QED) is 0.532. The number of aromatic nitrogens is 2. The fourth-order valence-corrected chi connectivity index (χ4v) is 3.41. The zero-order valence-electron chi connectivity index (χ0n) is 16.2. The van der Waals surface area contributed by atoms with E-state index in [0.29, 0.717) is 28.2 Å². The van der Waals surface area contributed by atoms with Crippen LogP contribution in [0.25, 0.3) is 10.9 Å². The predicted molar refractivity (Wildman–Crippen MR) is 122 cm³/mol. The number of nitrogens with one attached hydrogen (secondary N) is 2. The van der Waals surface area contributed by atoms with Crippen LogP contribution in [0, 0.1) is 5.82 Å². The first-order valence-corrected chi connectivity index (χ1v) is 9.44. The summed E-state index contributed by atoms with van der Waals surface area (Å²) < 4.78 is 26.0. The van der Waals surface area contributed by atoms with Gasteiger partial charge < -0.3 is 20.1 Å². The molecule has 1 fully saturated rings. The van der Waals surface area contributed by atoms with Gasteiger partial charge in [-0.2, -0.15) is 0 Å². The van der Waals surface area contributed by atoms with Crippen molar-refractivity contribution in [3.05, 3.63) is 47.5 Å². The van der Waals surface area contributed by atoms with Crippen molar-refractivity contribution < 1.29 is 13.9 Å². The Hall–Kier alpha value is -2.06. The lowest BCUT2D eigenvalue weighted by atomic mass is 10.1. The maximum Gasteiger partial charge on any atom is 0.165 e. The molecule has 1 aliphatic rings. The van der Waals surface area contributed by atoms with Crippen molar-refractivity contribution in [1.82, 2.24) is 15.3 Å². The van der Waals surface area contributed by atoms with Gasteiger partial charge in [-0.15, -0.1) is 24.8 Å². The van der Waals surface area contributed by atoms with Crippen LogP contribution < -0.4 is 20.1 Å². The van der Waals surface area contributed by atoms with Gasteiger partial charge in [0, 0.05) is 11.5 Å². The van der Waals surface area contributed by atoms with Crippen LogP contribution in [-0.2, 0) is 0 Å². The van der Waals surface area contributed by atoms with Gasteiger partial charge in [0.15, 0.2) is 17.3 Å². The molecule has 1 saturated heterocycles. The second-order valence-electron chi connectivity index (χ2n) is 6.54. The second kappa shape index (κ2) is 10.8. The minimum Gasteiger partial charge on any atom is -0.493 e. The molecular weight excluding hydrogens is 454 g/mol. The number of rotatable bonds is 5. The summed E-state index contributed by atoms with van der Waals surface area (Å²) in [7, 11) is 1.60. The average molecular weight is 476 g/mol. The van der Waals surface area contributed by atoms with E-state index in [1.165, 1.54) is 12.4 Å². The first-order valence-electron chi connectivity index (χ1n) is 9.07. The highest BCUT2D eigenvalue weighted by Crippen LogP contribution is 2.36. The Morgan fingerprint density at radius 3 is 2.63 bits per heavy atom. The van der Waals surface area contributed by atoms with E-state index in [1.54, 1.807) is 25.3 Å². The molecule has 0 aliphatic carbocycles. The number of fused-ring (bicyclic) bond motifs is 1. The van der Waals surface area contributed by atoms with Crippen molar-refractivity contribution in [2.24, 2.45) is 0 Å². The zero-order chi connectivity index (χ0) is 19.5. The van der Waals surface area contributed by atoms with Crippen LogP contribution in [0.15, 0.2) is 36.7 Å². The van der Waals surface area contributed by atoms with Gasteiger partial charge in [0.2, 0.25) is 0 Å².